The number of hydrogen-bond donors (Lipinski definition) is 1. The lowest BCUT2D eigenvalue weighted by Gasteiger charge is -2.12. The molecule has 18 heavy (non-hydrogen) atoms. The van der Waals surface area contributed by atoms with Crippen molar-refractivity contribution < 1.29 is 17.9 Å². The Hall–Kier alpha value is -1.34. The van der Waals surface area contributed by atoms with Gasteiger partial charge in [0.1, 0.15) is 5.69 Å². The first-order chi connectivity index (χ1) is 8.39. The Morgan fingerprint density at radius 1 is 1.39 bits per heavy atom. The van der Waals surface area contributed by atoms with E-state index in [1.165, 1.54) is 20.4 Å². The van der Waals surface area contributed by atoms with Crippen molar-refractivity contribution in [2.24, 2.45) is 5.73 Å². The van der Waals surface area contributed by atoms with Crippen LogP contribution < -0.4 is 15.2 Å². The second kappa shape index (κ2) is 6.01. The molecule has 0 radical (unpaired) electrons. The van der Waals surface area contributed by atoms with Gasteiger partial charge in [-0.3, -0.25) is 4.98 Å². The minimum Gasteiger partial charge on any atom is -0.493 e. The highest BCUT2D eigenvalue weighted by molar-refractivity contribution is 7.90. The Kier molecular flexibility index (Phi) is 4.92. The molecule has 0 bridgehead atoms. The molecule has 1 aromatic rings. The Morgan fingerprint density at radius 2 is 2.06 bits per heavy atom. The van der Waals surface area contributed by atoms with Crippen LogP contribution >= 0.6 is 0 Å². The Morgan fingerprint density at radius 3 is 2.56 bits per heavy atom. The van der Waals surface area contributed by atoms with Crippen molar-refractivity contribution in [3.8, 4) is 11.5 Å². The van der Waals surface area contributed by atoms with E-state index in [-0.39, 0.29) is 11.5 Å². The number of ether oxygens (including phenoxy) is 2. The topological polar surface area (TPSA) is 91.5 Å². The second-order valence-corrected chi connectivity index (χ2v) is 6.13. The summed E-state index contributed by atoms with van der Waals surface area (Å²) in [4.78, 5) is 4.03. The number of rotatable bonds is 6. The van der Waals surface area contributed by atoms with E-state index in [9.17, 15) is 8.42 Å². The van der Waals surface area contributed by atoms with Crippen LogP contribution in [0.2, 0.25) is 0 Å². The number of nitrogens with two attached hydrogens (primary N) is 1. The van der Waals surface area contributed by atoms with Gasteiger partial charge in [0.25, 0.3) is 0 Å². The van der Waals surface area contributed by atoms with Gasteiger partial charge >= 0.3 is 0 Å². The normalized spacial score (nSPS) is 13.1. The fraction of sp³-hybridized carbons (Fsp3) is 0.545. The molecule has 0 aliphatic rings. The van der Waals surface area contributed by atoms with Crippen molar-refractivity contribution in [1.82, 2.24) is 4.98 Å². The standard InChI is InChI=1S/C11H18N2O4S/c1-8(12)6-18(14,15)7-9-11(17-3)10(16-2)4-5-13-9/h4-5,8H,6-7,12H2,1-3H3. The van der Waals surface area contributed by atoms with E-state index in [0.29, 0.717) is 17.2 Å². The van der Waals surface area contributed by atoms with E-state index in [1.807, 2.05) is 0 Å². The van der Waals surface area contributed by atoms with Gasteiger partial charge in [-0.1, -0.05) is 0 Å². The van der Waals surface area contributed by atoms with Crippen LogP contribution in [0.3, 0.4) is 0 Å². The molecule has 0 saturated carbocycles. The Balaban J connectivity index is 3.04. The van der Waals surface area contributed by atoms with E-state index < -0.39 is 15.9 Å². The fourth-order valence-corrected chi connectivity index (χ4v) is 3.16. The summed E-state index contributed by atoms with van der Waals surface area (Å²) < 4.78 is 33.9. The summed E-state index contributed by atoms with van der Waals surface area (Å²) in [5, 5.41) is 0. The van der Waals surface area contributed by atoms with Crippen LogP contribution in [0.15, 0.2) is 12.3 Å². The Labute approximate surface area is 107 Å². The van der Waals surface area contributed by atoms with Gasteiger partial charge in [-0.15, -0.1) is 0 Å². The average Bonchev–Trinajstić information content (AvgIpc) is 2.26. The third-order valence-electron chi connectivity index (χ3n) is 2.24. The van der Waals surface area contributed by atoms with Crippen LogP contribution in [0, 0.1) is 0 Å². The first kappa shape index (κ1) is 14.7. The minimum atomic E-state index is -3.31. The lowest BCUT2D eigenvalue weighted by Crippen LogP contribution is -2.27. The minimum absolute atomic E-state index is 0.0882. The highest BCUT2D eigenvalue weighted by Gasteiger charge is 2.20. The molecule has 0 amide bonds. The molecule has 1 heterocycles. The monoisotopic (exact) mass is 274 g/mol. The highest BCUT2D eigenvalue weighted by Crippen LogP contribution is 2.30. The van der Waals surface area contributed by atoms with Crippen molar-refractivity contribution in [3.63, 3.8) is 0 Å². The lowest BCUT2D eigenvalue weighted by molar-refractivity contribution is 0.350. The smallest absolute Gasteiger partial charge is 0.183 e. The maximum atomic E-state index is 11.9. The van der Waals surface area contributed by atoms with E-state index in [2.05, 4.69) is 4.98 Å². The summed E-state index contributed by atoms with van der Waals surface area (Å²) in [7, 11) is -0.385. The third-order valence-corrected chi connectivity index (χ3v) is 3.99. The Bertz CT molecular complexity index is 500. The highest BCUT2D eigenvalue weighted by atomic mass is 32.2. The third kappa shape index (κ3) is 3.85. The molecule has 6 nitrogen and oxygen atoms in total. The maximum absolute atomic E-state index is 11.9. The van der Waals surface area contributed by atoms with Crippen LogP contribution in [0.25, 0.3) is 0 Å². The predicted molar refractivity (Wildman–Crippen MR) is 68.5 cm³/mol. The molecule has 1 atom stereocenters. The molecule has 2 N–H and O–H groups in total. The summed E-state index contributed by atoms with van der Waals surface area (Å²) in [5.41, 5.74) is 5.83. The van der Waals surface area contributed by atoms with Gasteiger partial charge in [0.2, 0.25) is 0 Å². The van der Waals surface area contributed by atoms with Gasteiger partial charge in [-0.05, 0) is 6.92 Å². The van der Waals surface area contributed by atoms with Crippen molar-refractivity contribution in [2.45, 2.75) is 18.7 Å². The molecule has 1 unspecified atom stereocenters. The zero-order valence-electron chi connectivity index (χ0n) is 10.7. The molecule has 0 saturated heterocycles. The molecule has 0 aliphatic carbocycles. The molecule has 0 aliphatic heterocycles. The number of pyridine rings is 1. The number of nitrogens with zero attached hydrogens (tertiary/aromatic N) is 1. The van der Waals surface area contributed by atoms with Gasteiger partial charge < -0.3 is 15.2 Å². The summed E-state index contributed by atoms with van der Waals surface area (Å²) in [6.45, 7) is 1.65. The van der Waals surface area contributed by atoms with Gasteiger partial charge in [0.05, 0.1) is 25.7 Å². The lowest BCUT2D eigenvalue weighted by atomic mass is 10.3. The number of aromatic nitrogens is 1. The molecule has 102 valence electrons. The van der Waals surface area contributed by atoms with Crippen molar-refractivity contribution in [2.75, 3.05) is 20.0 Å². The van der Waals surface area contributed by atoms with Crippen LogP contribution in [0.4, 0.5) is 0 Å². The molecule has 0 fully saturated rings. The summed E-state index contributed by atoms with van der Waals surface area (Å²) >= 11 is 0. The van der Waals surface area contributed by atoms with Gasteiger partial charge in [-0.25, -0.2) is 8.42 Å². The summed E-state index contributed by atoms with van der Waals surface area (Å²) in [5.74, 6) is 0.496. The molecule has 0 spiro atoms. The number of methoxy groups -OCH3 is 2. The maximum Gasteiger partial charge on any atom is 0.183 e. The van der Waals surface area contributed by atoms with Crippen LogP contribution in [0.1, 0.15) is 12.6 Å². The van der Waals surface area contributed by atoms with Gasteiger partial charge in [0, 0.05) is 18.3 Å². The number of sulfone groups is 1. The summed E-state index contributed by atoms with van der Waals surface area (Å²) in [6.07, 6.45) is 1.48. The SMILES string of the molecule is COc1ccnc(CS(=O)(=O)CC(C)N)c1OC. The zero-order valence-corrected chi connectivity index (χ0v) is 11.5. The first-order valence-corrected chi connectivity index (χ1v) is 7.23. The quantitative estimate of drug-likeness (QED) is 0.805. The van der Waals surface area contributed by atoms with E-state index in [0.717, 1.165) is 0 Å². The van der Waals surface area contributed by atoms with E-state index >= 15 is 0 Å². The zero-order chi connectivity index (χ0) is 13.8. The fourth-order valence-electron chi connectivity index (χ4n) is 1.62. The number of hydrogen-bond acceptors (Lipinski definition) is 6. The second-order valence-electron chi connectivity index (χ2n) is 4.03. The van der Waals surface area contributed by atoms with E-state index in [4.69, 9.17) is 15.2 Å². The predicted octanol–water partition coefficient (Wildman–Crippen LogP) is 0.361. The van der Waals surface area contributed by atoms with Crippen molar-refractivity contribution >= 4 is 9.84 Å². The van der Waals surface area contributed by atoms with Gasteiger partial charge in [0.15, 0.2) is 21.3 Å². The molecule has 1 aromatic heterocycles. The van der Waals surface area contributed by atoms with Crippen LogP contribution in [-0.4, -0.2) is 39.4 Å². The summed E-state index contributed by atoms with van der Waals surface area (Å²) in [6, 6.07) is 1.20. The molecule has 1 rings (SSSR count). The average molecular weight is 274 g/mol. The molecule has 7 heteroatoms. The van der Waals surface area contributed by atoms with Gasteiger partial charge in [-0.2, -0.15) is 0 Å². The molecular weight excluding hydrogens is 256 g/mol. The van der Waals surface area contributed by atoms with Crippen LogP contribution in [0.5, 0.6) is 11.5 Å². The van der Waals surface area contributed by atoms with E-state index in [1.54, 1.807) is 13.0 Å². The molecule has 0 aromatic carbocycles. The largest absolute Gasteiger partial charge is 0.493 e. The van der Waals surface area contributed by atoms with Crippen molar-refractivity contribution in [1.29, 1.82) is 0 Å². The molecular formula is C11H18N2O4S. The van der Waals surface area contributed by atoms with Crippen LogP contribution in [-0.2, 0) is 15.6 Å². The van der Waals surface area contributed by atoms with Crippen molar-refractivity contribution in [3.05, 3.63) is 18.0 Å². The first-order valence-electron chi connectivity index (χ1n) is 5.41.